The number of amides is 2. The van der Waals surface area contributed by atoms with Crippen LogP contribution in [0.5, 0.6) is 0 Å². The van der Waals surface area contributed by atoms with Crippen LogP contribution in [-0.4, -0.2) is 34.0 Å². The summed E-state index contributed by atoms with van der Waals surface area (Å²) in [5, 5.41) is 11.9. The molecule has 3 N–H and O–H groups in total. The summed E-state index contributed by atoms with van der Waals surface area (Å²) in [6.45, 7) is 3.95. The number of rotatable bonds is 3. The molecule has 2 aromatic rings. The molecule has 0 aromatic carbocycles. The van der Waals surface area contributed by atoms with Crippen molar-refractivity contribution in [2.45, 2.75) is 32.1 Å². The molecule has 2 amide bonds. The number of fused-ring (bicyclic) bond motifs is 1. The van der Waals surface area contributed by atoms with Crippen LogP contribution in [0, 0.1) is 0 Å². The van der Waals surface area contributed by atoms with E-state index in [4.69, 9.17) is 4.42 Å². The van der Waals surface area contributed by atoms with Crippen molar-refractivity contribution in [3.8, 4) is 0 Å². The first-order valence-corrected chi connectivity index (χ1v) is 7.06. The second kappa shape index (κ2) is 5.28. The first-order chi connectivity index (χ1) is 10.5. The predicted octanol–water partition coefficient (Wildman–Crippen LogP) is 1.35. The minimum absolute atomic E-state index is 0.147. The maximum Gasteiger partial charge on any atom is 0.269 e. The van der Waals surface area contributed by atoms with E-state index in [1.165, 1.54) is 0 Å². The van der Waals surface area contributed by atoms with Gasteiger partial charge in [-0.25, -0.2) is 4.98 Å². The Labute approximate surface area is 126 Å². The molecule has 3 rings (SSSR count). The van der Waals surface area contributed by atoms with Gasteiger partial charge in [0, 0.05) is 30.9 Å². The number of H-pyrrole nitrogens is 1. The molecule has 0 unspecified atom stereocenters. The fourth-order valence-corrected chi connectivity index (χ4v) is 2.53. The SMILES string of the molecule is CNC(=O)c1[nH]nc2c1[C@H](c1coc(C(C)C)n1)CC(=O)N2. The quantitative estimate of drug-likeness (QED) is 0.792. The van der Waals surface area contributed by atoms with Crippen LogP contribution in [0.3, 0.4) is 0 Å². The molecule has 0 fully saturated rings. The number of anilines is 1. The summed E-state index contributed by atoms with van der Waals surface area (Å²) < 4.78 is 5.46. The van der Waals surface area contributed by atoms with Gasteiger partial charge in [-0.2, -0.15) is 5.10 Å². The van der Waals surface area contributed by atoms with E-state index in [1.807, 2.05) is 13.8 Å². The number of carbonyl (C=O) groups excluding carboxylic acids is 2. The van der Waals surface area contributed by atoms with E-state index in [1.54, 1.807) is 13.3 Å². The van der Waals surface area contributed by atoms with Gasteiger partial charge in [-0.3, -0.25) is 14.7 Å². The van der Waals surface area contributed by atoms with Gasteiger partial charge in [0.15, 0.2) is 11.7 Å². The van der Waals surface area contributed by atoms with Gasteiger partial charge in [0.05, 0.1) is 5.69 Å². The monoisotopic (exact) mass is 303 g/mol. The van der Waals surface area contributed by atoms with E-state index < -0.39 is 0 Å². The van der Waals surface area contributed by atoms with Gasteiger partial charge < -0.3 is 15.1 Å². The minimum atomic E-state index is -0.356. The highest BCUT2D eigenvalue weighted by Gasteiger charge is 2.35. The van der Waals surface area contributed by atoms with Crippen LogP contribution in [0.15, 0.2) is 10.7 Å². The smallest absolute Gasteiger partial charge is 0.269 e. The largest absolute Gasteiger partial charge is 0.448 e. The number of oxazole rings is 1. The Balaban J connectivity index is 2.07. The lowest BCUT2D eigenvalue weighted by molar-refractivity contribution is -0.116. The normalized spacial score (nSPS) is 17.3. The molecule has 0 saturated carbocycles. The molecule has 1 aliphatic rings. The molecule has 0 spiro atoms. The molecule has 1 atom stereocenters. The average molecular weight is 303 g/mol. The van der Waals surface area contributed by atoms with E-state index in [2.05, 4.69) is 25.8 Å². The van der Waals surface area contributed by atoms with Gasteiger partial charge in [0.2, 0.25) is 5.91 Å². The summed E-state index contributed by atoms with van der Waals surface area (Å²) in [5.74, 6) is 0.310. The molecule has 1 aliphatic heterocycles. The zero-order chi connectivity index (χ0) is 15.9. The van der Waals surface area contributed by atoms with Crippen LogP contribution in [0.25, 0.3) is 0 Å². The third-order valence-electron chi connectivity index (χ3n) is 3.64. The van der Waals surface area contributed by atoms with Crippen LogP contribution >= 0.6 is 0 Å². The molecule has 116 valence electrons. The Morgan fingerprint density at radius 1 is 1.50 bits per heavy atom. The molecule has 8 nitrogen and oxygen atoms in total. The standard InChI is InChI=1S/C14H17N5O3/c1-6(2)14-16-8(5-22-14)7-4-9(20)17-12-10(7)11(18-19-12)13(21)15-3/h5-7H,4H2,1-3H3,(H,15,21)(H2,17,18,19,20)/t7-/m0/s1. The molecular weight excluding hydrogens is 286 g/mol. The molecule has 0 aliphatic carbocycles. The number of carbonyl (C=O) groups is 2. The van der Waals surface area contributed by atoms with Crippen LogP contribution < -0.4 is 10.6 Å². The van der Waals surface area contributed by atoms with Crippen LogP contribution in [-0.2, 0) is 4.79 Å². The first-order valence-electron chi connectivity index (χ1n) is 7.06. The van der Waals surface area contributed by atoms with Gasteiger partial charge in [-0.15, -0.1) is 0 Å². The Morgan fingerprint density at radius 3 is 2.91 bits per heavy atom. The van der Waals surface area contributed by atoms with Crippen LogP contribution in [0.1, 0.15) is 59.7 Å². The lowest BCUT2D eigenvalue weighted by Crippen LogP contribution is -2.26. The van der Waals surface area contributed by atoms with Gasteiger partial charge in [0.25, 0.3) is 5.91 Å². The van der Waals surface area contributed by atoms with E-state index in [0.717, 1.165) is 0 Å². The van der Waals surface area contributed by atoms with Crippen LogP contribution in [0.2, 0.25) is 0 Å². The number of nitrogens with one attached hydrogen (secondary N) is 3. The highest BCUT2D eigenvalue weighted by molar-refractivity contribution is 6.00. The van der Waals surface area contributed by atoms with Gasteiger partial charge in [-0.1, -0.05) is 13.8 Å². The molecule has 22 heavy (non-hydrogen) atoms. The fourth-order valence-electron chi connectivity index (χ4n) is 2.53. The van der Waals surface area contributed by atoms with Crippen molar-refractivity contribution in [2.75, 3.05) is 12.4 Å². The third-order valence-corrected chi connectivity index (χ3v) is 3.64. The Hall–Kier alpha value is -2.64. The summed E-state index contributed by atoms with van der Waals surface area (Å²) in [5.41, 5.74) is 1.60. The van der Waals surface area contributed by atoms with E-state index in [0.29, 0.717) is 28.7 Å². The Kier molecular flexibility index (Phi) is 3.44. The van der Waals surface area contributed by atoms with Crippen molar-refractivity contribution in [3.05, 3.63) is 29.1 Å². The minimum Gasteiger partial charge on any atom is -0.448 e. The molecule has 0 saturated heterocycles. The van der Waals surface area contributed by atoms with Gasteiger partial charge >= 0.3 is 0 Å². The Bertz CT molecular complexity index is 731. The second-order valence-electron chi connectivity index (χ2n) is 5.51. The summed E-state index contributed by atoms with van der Waals surface area (Å²) in [4.78, 5) is 28.3. The number of aromatic nitrogens is 3. The summed E-state index contributed by atoms with van der Waals surface area (Å²) >= 11 is 0. The molecular formula is C14H17N5O3. The zero-order valence-corrected chi connectivity index (χ0v) is 12.6. The topological polar surface area (TPSA) is 113 Å². The summed E-state index contributed by atoms with van der Waals surface area (Å²) in [6, 6.07) is 0. The molecule has 8 heteroatoms. The van der Waals surface area contributed by atoms with Crippen molar-refractivity contribution >= 4 is 17.6 Å². The van der Waals surface area contributed by atoms with Crippen LogP contribution in [0.4, 0.5) is 5.82 Å². The Morgan fingerprint density at radius 2 is 2.27 bits per heavy atom. The molecule has 3 heterocycles. The summed E-state index contributed by atoms with van der Waals surface area (Å²) in [6.07, 6.45) is 1.74. The lowest BCUT2D eigenvalue weighted by atomic mass is 9.89. The fraction of sp³-hybridized carbons (Fsp3) is 0.429. The zero-order valence-electron chi connectivity index (χ0n) is 12.6. The summed E-state index contributed by atoms with van der Waals surface area (Å²) in [7, 11) is 1.54. The molecule has 2 aromatic heterocycles. The average Bonchev–Trinajstić information content (AvgIpc) is 3.12. The second-order valence-corrected chi connectivity index (χ2v) is 5.51. The van der Waals surface area contributed by atoms with Crippen molar-refractivity contribution in [1.82, 2.24) is 20.5 Å². The highest BCUT2D eigenvalue weighted by atomic mass is 16.3. The highest BCUT2D eigenvalue weighted by Crippen LogP contribution is 2.38. The number of hydrogen-bond acceptors (Lipinski definition) is 5. The maximum absolute atomic E-state index is 12.0. The van der Waals surface area contributed by atoms with Gasteiger partial charge in [-0.05, 0) is 0 Å². The van der Waals surface area contributed by atoms with Crippen molar-refractivity contribution in [1.29, 1.82) is 0 Å². The predicted molar refractivity (Wildman–Crippen MR) is 77.7 cm³/mol. The first kappa shape index (κ1) is 14.3. The number of aromatic amines is 1. The third kappa shape index (κ3) is 2.26. The van der Waals surface area contributed by atoms with E-state index in [-0.39, 0.29) is 30.1 Å². The molecule has 0 radical (unpaired) electrons. The number of nitrogens with zero attached hydrogens (tertiary/aromatic N) is 2. The van der Waals surface area contributed by atoms with Crippen molar-refractivity contribution in [3.63, 3.8) is 0 Å². The van der Waals surface area contributed by atoms with E-state index in [9.17, 15) is 9.59 Å². The lowest BCUT2D eigenvalue weighted by Gasteiger charge is -2.20. The number of hydrogen-bond donors (Lipinski definition) is 3. The van der Waals surface area contributed by atoms with Crippen molar-refractivity contribution in [2.24, 2.45) is 0 Å². The molecule has 0 bridgehead atoms. The van der Waals surface area contributed by atoms with Gasteiger partial charge in [0.1, 0.15) is 12.0 Å². The maximum atomic E-state index is 12.0. The van der Waals surface area contributed by atoms with E-state index >= 15 is 0 Å². The van der Waals surface area contributed by atoms with Crippen molar-refractivity contribution < 1.29 is 14.0 Å².